The van der Waals surface area contributed by atoms with Crippen molar-refractivity contribution in [1.82, 2.24) is 4.31 Å². The van der Waals surface area contributed by atoms with Gasteiger partial charge in [0.15, 0.2) is 0 Å². The second kappa shape index (κ2) is 3.93. The molecule has 0 aromatic carbocycles. The third-order valence-corrected chi connectivity index (χ3v) is 5.71. The van der Waals surface area contributed by atoms with Gasteiger partial charge in [-0.15, -0.1) is 11.3 Å². The fourth-order valence-corrected chi connectivity index (χ4v) is 4.35. The van der Waals surface area contributed by atoms with Gasteiger partial charge in [-0.3, -0.25) is 0 Å². The van der Waals surface area contributed by atoms with Gasteiger partial charge in [0.05, 0.1) is 0 Å². The van der Waals surface area contributed by atoms with Gasteiger partial charge in [0, 0.05) is 13.1 Å². The average Bonchev–Trinajstić information content (AvgIpc) is 2.89. The van der Waals surface area contributed by atoms with E-state index in [0.717, 1.165) is 24.2 Å². The summed E-state index contributed by atoms with van der Waals surface area (Å²) in [6.45, 7) is 1.20. The summed E-state index contributed by atoms with van der Waals surface area (Å²) >= 11 is 1.04. The van der Waals surface area contributed by atoms with Crippen molar-refractivity contribution in [3.63, 3.8) is 0 Å². The lowest BCUT2D eigenvalue weighted by molar-refractivity contribution is 0.479. The molecule has 15 heavy (non-hydrogen) atoms. The summed E-state index contributed by atoms with van der Waals surface area (Å²) in [7, 11) is -3.33. The topological polar surface area (TPSA) is 61.2 Å². The molecule has 1 aliphatic rings. The molecule has 0 N–H and O–H groups in total. The molecule has 2 heterocycles. The molecule has 80 valence electrons. The van der Waals surface area contributed by atoms with Crippen molar-refractivity contribution in [1.29, 1.82) is 5.26 Å². The second-order valence-electron chi connectivity index (χ2n) is 3.34. The first-order valence-corrected chi connectivity index (χ1v) is 6.90. The average molecular weight is 242 g/mol. The maximum Gasteiger partial charge on any atom is 0.252 e. The molecule has 0 bridgehead atoms. The number of nitrogens with zero attached hydrogens (tertiary/aromatic N) is 2. The van der Waals surface area contributed by atoms with E-state index in [1.54, 1.807) is 6.07 Å². The van der Waals surface area contributed by atoms with E-state index in [0.29, 0.717) is 18.0 Å². The highest BCUT2D eigenvalue weighted by Gasteiger charge is 2.28. The highest BCUT2D eigenvalue weighted by molar-refractivity contribution is 7.91. The van der Waals surface area contributed by atoms with Crippen LogP contribution in [0.1, 0.15) is 17.7 Å². The summed E-state index contributed by atoms with van der Waals surface area (Å²) in [6, 6.07) is 5.01. The first-order chi connectivity index (χ1) is 7.14. The summed E-state index contributed by atoms with van der Waals surface area (Å²) in [4.78, 5) is 0.438. The molecule has 0 atom stereocenters. The van der Waals surface area contributed by atoms with E-state index in [1.807, 2.05) is 6.07 Å². The van der Waals surface area contributed by atoms with Crippen molar-refractivity contribution in [3.05, 3.63) is 17.0 Å². The van der Waals surface area contributed by atoms with E-state index in [1.165, 1.54) is 10.4 Å². The molecule has 1 saturated heterocycles. The van der Waals surface area contributed by atoms with Gasteiger partial charge in [-0.05, 0) is 25.0 Å². The molecule has 0 amide bonds. The minimum atomic E-state index is -3.33. The lowest BCUT2D eigenvalue weighted by Gasteiger charge is -2.13. The Kier molecular flexibility index (Phi) is 2.78. The molecular weight excluding hydrogens is 232 g/mol. The van der Waals surface area contributed by atoms with Gasteiger partial charge in [-0.2, -0.15) is 9.57 Å². The van der Waals surface area contributed by atoms with Crippen LogP contribution in [0.4, 0.5) is 0 Å². The van der Waals surface area contributed by atoms with E-state index >= 15 is 0 Å². The molecule has 2 rings (SSSR count). The number of hydrogen-bond donors (Lipinski definition) is 0. The number of sulfonamides is 1. The van der Waals surface area contributed by atoms with Crippen LogP contribution in [0.25, 0.3) is 0 Å². The quantitative estimate of drug-likeness (QED) is 0.787. The van der Waals surface area contributed by atoms with Crippen LogP contribution in [-0.2, 0) is 10.0 Å². The maximum absolute atomic E-state index is 12.0. The van der Waals surface area contributed by atoms with E-state index < -0.39 is 10.0 Å². The van der Waals surface area contributed by atoms with Gasteiger partial charge >= 0.3 is 0 Å². The molecule has 0 aliphatic carbocycles. The van der Waals surface area contributed by atoms with Crippen molar-refractivity contribution in [2.24, 2.45) is 0 Å². The Bertz CT molecular complexity index is 492. The predicted octanol–water partition coefficient (Wildman–Crippen LogP) is 1.40. The maximum atomic E-state index is 12.0. The van der Waals surface area contributed by atoms with Crippen molar-refractivity contribution >= 4 is 21.4 Å². The summed E-state index contributed by atoms with van der Waals surface area (Å²) in [5.41, 5.74) is 0. The zero-order valence-electron chi connectivity index (χ0n) is 8.01. The molecule has 0 radical (unpaired) electrons. The molecular formula is C9H10N2O2S2. The molecule has 1 fully saturated rings. The van der Waals surface area contributed by atoms with Crippen LogP contribution in [0.3, 0.4) is 0 Å². The number of thiophene rings is 1. The Morgan fingerprint density at radius 2 is 2.00 bits per heavy atom. The molecule has 1 aromatic heterocycles. The molecule has 1 aromatic rings. The lowest BCUT2D eigenvalue weighted by Crippen LogP contribution is -2.27. The Hall–Kier alpha value is -0.900. The van der Waals surface area contributed by atoms with E-state index in [-0.39, 0.29) is 4.21 Å². The summed E-state index contributed by atoms with van der Waals surface area (Å²) in [6.07, 6.45) is 1.85. The zero-order valence-corrected chi connectivity index (χ0v) is 9.64. The van der Waals surface area contributed by atoms with Gasteiger partial charge < -0.3 is 0 Å². The Morgan fingerprint density at radius 1 is 1.33 bits per heavy atom. The monoisotopic (exact) mass is 242 g/mol. The van der Waals surface area contributed by atoms with E-state index in [9.17, 15) is 8.42 Å². The standard InChI is InChI=1S/C9H10N2O2S2/c10-7-8-3-4-9(14-8)15(12,13)11-5-1-2-6-11/h3-4H,1-2,5-6H2. The van der Waals surface area contributed by atoms with Crippen molar-refractivity contribution in [2.75, 3.05) is 13.1 Å². The van der Waals surface area contributed by atoms with Crippen molar-refractivity contribution in [3.8, 4) is 6.07 Å². The third-order valence-electron chi connectivity index (χ3n) is 2.35. The van der Waals surface area contributed by atoms with Crippen molar-refractivity contribution < 1.29 is 8.42 Å². The van der Waals surface area contributed by atoms with Gasteiger partial charge in [-0.1, -0.05) is 0 Å². The van der Waals surface area contributed by atoms with Crippen LogP contribution in [-0.4, -0.2) is 25.8 Å². The minimum Gasteiger partial charge on any atom is -0.206 e. The van der Waals surface area contributed by atoms with E-state index in [2.05, 4.69) is 0 Å². The normalized spacial score (nSPS) is 17.8. The largest absolute Gasteiger partial charge is 0.252 e. The smallest absolute Gasteiger partial charge is 0.206 e. The summed E-state index contributed by atoms with van der Waals surface area (Å²) in [5, 5.41) is 8.63. The van der Waals surface area contributed by atoms with Gasteiger partial charge in [0.2, 0.25) is 0 Å². The number of hydrogen-bond acceptors (Lipinski definition) is 4. The molecule has 0 saturated carbocycles. The lowest BCUT2D eigenvalue weighted by atomic mass is 10.4. The Morgan fingerprint density at radius 3 is 2.53 bits per heavy atom. The van der Waals surface area contributed by atoms with Gasteiger partial charge in [-0.25, -0.2) is 8.42 Å². The number of nitriles is 1. The van der Waals surface area contributed by atoms with Crippen LogP contribution in [0, 0.1) is 11.3 Å². The SMILES string of the molecule is N#Cc1ccc(S(=O)(=O)N2CCCC2)s1. The van der Waals surface area contributed by atoms with E-state index in [4.69, 9.17) is 5.26 Å². The van der Waals surface area contributed by atoms with Crippen LogP contribution in [0.5, 0.6) is 0 Å². The van der Waals surface area contributed by atoms with Gasteiger partial charge in [0.25, 0.3) is 10.0 Å². The Labute approximate surface area is 92.8 Å². The molecule has 0 unspecified atom stereocenters. The molecule has 1 aliphatic heterocycles. The van der Waals surface area contributed by atoms with Gasteiger partial charge in [0.1, 0.15) is 15.2 Å². The number of rotatable bonds is 2. The van der Waals surface area contributed by atoms with Crippen LogP contribution in [0.15, 0.2) is 16.3 Å². The molecule has 4 nitrogen and oxygen atoms in total. The molecule has 0 spiro atoms. The van der Waals surface area contributed by atoms with Crippen LogP contribution < -0.4 is 0 Å². The highest BCUT2D eigenvalue weighted by atomic mass is 32.2. The highest BCUT2D eigenvalue weighted by Crippen LogP contribution is 2.26. The first kappa shape index (κ1) is 10.6. The summed E-state index contributed by atoms with van der Waals surface area (Å²) < 4.78 is 25.7. The predicted molar refractivity (Wildman–Crippen MR) is 57.0 cm³/mol. The van der Waals surface area contributed by atoms with Crippen LogP contribution in [0.2, 0.25) is 0 Å². The third kappa shape index (κ3) is 1.91. The second-order valence-corrected chi connectivity index (χ2v) is 6.59. The van der Waals surface area contributed by atoms with Crippen LogP contribution >= 0.6 is 11.3 Å². The fourth-order valence-electron chi connectivity index (χ4n) is 1.57. The summed E-state index contributed by atoms with van der Waals surface area (Å²) in [5.74, 6) is 0. The van der Waals surface area contributed by atoms with Crippen molar-refractivity contribution in [2.45, 2.75) is 17.1 Å². The first-order valence-electron chi connectivity index (χ1n) is 4.65. The zero-order chi connectivity index (χ0) is 10.9. The minimum absolute atomic E-state index is 0.279. The Balaban J connectivity index is 2.33. The fraction of sp³-hybridized carbons (Fsp3) is 0.444. The molecule has 6 heteroatoms.